The van der Waals surface area contributed by atoms with Gasteiger partial charge in [-0.1, -0.05) is 0 Å². The van der Waals surface area contributed by atoms with E-state index in [0.29, 0.717) is 6.61 Å². The number of hydrogen-bond acceptors (Lipinski definition) is 4. The second-order valence-electron chi connectivity index (χ2n) is 4.56. The molecule has 2 aromatic heterocycles. The van der Waals surface area contributed by atoms with Gasteiger partial charge in [0.25, 0.3) is 0 Å². The molecule has 0 amide bonds. The summed E-state index contributed by atoms with van der Waals surface area (Å²) >= 11 is 3.45. The number of nitrogens with one attached hydrogen (secondary N) is 1. The van der Waals surface area contributed by atoms with Crippen molar-refractivity contribution in [3.05, 3.63) is 46.2 Å². The van der Waals surface area contributed by atoms with Crippen molar-refractivity contribution < 1.29 is 4.74 Å². The zero-order valence-electron chi connectivity index (χ0n) is 11.8. The number of halogens is 1. The third kappa shape index (κ3) is 4.13. The first-order valence-electron chi connectivity index (χ1n) is 6.51. The van der Waals surface area contributed by atoms with Gasteiger partial charge < -0.3 is 14.6 Å². The van der Waals surface area contributed by atoms with Crippen LogP contribution in [0.4, 0.5) is 0 Å². The Labute approximate surface area is 127 Å². The zero-order valence-corrected chi connectivity index (χ0v) is 13.4. The number of imidazole rings is 1. The lowest BCUT2D eigenvalue weighted by Gasteiger charge is -2.11. The molecule has 6 heteroatoms. The van der Waals surface area contributed by atoms with E-state index < -0.39 is 0 Å². The number of methoxy groups -OCH3 is 1. The van der Waals surface area contributed by atoms with Gasteiger partial charge in [-0.2, -0.15) is 0 Å². The quantitative estimate of drug-likeness (QED) is 0.786. The summed E-state index contributed by atoms with van der Waals surface area (Å²) in [6.07, 6.45) is 5.59. The highest BCUT2D eigenvalue weighted by atomic mass is 79.9. The average molecular weight is 339 g/mol. The molecule has 0 aliphatic heterocycles. The monoisotopic (exact) mass is 338 g/mol. The molecule has 20 heavy (non-hydrogen) atoms. The number of rotatable bonds is 7. The Bertz CT molecular complexity index is 556. The van der Waals surface area contributed by atoms with Gasteiger partial charge in [0, 0.05) is 43.3 Å². The SMILES string of the molecule is COCCNCc1cnc(C)n1Cc1cncc(Br)c1. The van der Waals surface area contributed by atoms with Crippen LogP contribution in [0, 0.1) is 6.92 Å². The highest BCUT2D eigenvalue weighted by molar-refractivity contribution is 9.10. The molecule has 2 rings (SSSR count). The van der Waals surface area contributed by atoms with Gasteiger partial charge in [0.2, 0.25) is 0 Å². The van der Waals surface area contributed by atoms with Crippen molar-refractivity contribution in [2.75, 3.05) is 20.3 Å². The number of hydrogen-bond donors (Lipinski definition) is 1. The lowest BCUT2D eigenvalue weighted by atomic mass is 10.3. The number of aromatic nitrogens is 3. The van der Waals surface area contributed by atoms with Crippen LogP contribution in [0.2, 0.25) is 0 Å². The summed E-state index contributed by atoms with van der Waals surface area (Å²) in [6, 6.07) is 2.08. The molecule has 2 heterocycles. The van der Waals surface area contributed by atoms with Crippen molar-refractivity contribution in [1.82, 2.24) is 19.9 Å². The van der Waals surface area contributed by atoms with E-state index in [9.17, 15) is 0 Å². The Kier molecular flexibility index (Phi) is 5.70. The number of pyridine rings is 1. The first kappa shape index (κ1) is 15.2. The van der Waals surface area contributed by atoms with Crippen LogP contribution in [-0.2, 0) is 17.8 Å². The summed E-state index contributed by atoms with van der Waals surface area (Å²) in [6.45, 7) is 5.12. The molecule has 1 N–H and O–H groups in total. The van der Waals surface area contributed by atoms with E-state index >= 15 is 0 Å². The summed E-state index contributed by atoms with van der Waals surface area (Å²) in [7, 11) is 1.70. The fourth-order valence-electron chi connectivity index (χ4n) is 1.99. The van der Waals surface area contributed by atoms with Crippen molar-refractivity contribution in [3.63, 3.8) is 0 Å². The molecular formula is C14H19BrN4O. The average Bonchev–Trinajstić information content (AvgIpc) is 2.76. The molecule has 108 valence electrons. The molecular weight excluding hydrogens is 320 g/mol. The molecule has 0 radical (unpaired) electrons. The zero-order chi connectivity index (χ0) is 14.4. The van der Waals surface area contributed by atoms with Gasteiger partial charge in [-0.25, -0.2) is 4.98 Å². The molecule has 0 aliphatic rings. The maximum absolute atomic E-state index is 5.03. The molecule has 0 fully saturated rings. The first-order valence-corrected chi connectivity index (χ1v) is 7.30. The summed E-state index contributed by atoms with van der Waals surface area (Å²) in [5.74, 6) is 1.01. The Morgan fingerprint density at radius 2 is 2.20 bits per heavy atom. The van der Waals surface area contributed by atoms with Gasteiger partial charge in [-0.15, -0.1) is 0 Å². The smallest absolute Gasteiger partial charge is 0.106 e. The first-order chi connectivity index (χ1) is 9.70. The summed E-state index contributed by atoms with van der Waals surface area (Å²) in [5, 5.41) is 3.34. The topological polar surface area (TPSA) is 52.0 Å². The Balaban J connectivity index is 2.05. The third-order valence-corrected chi connectivity index (χ3v) is 3.46. The van der Waals surface area contributed by atoms with Crippen molar-refractivity contribution in [1.29, 1.82) is 0 Å². The molecule has 2 aromatic rings. The van der Waals surface area contributed by atoms with Crippen molar-refractivity contribution in [2.24, 2.45) is 0 Å². The van der Waals surface area contributed by atoms with Gasteiger partial charge in [-0.05, 0) is 34.5 Å². The number of aryl methyl sites for hydroxylation is 1. The largest absolute Gasteiger partial charge is 0.383 e. The lowest BCUT2D eigenvalue weighted by Crippen LogP contribution is -2.21. The Morgan fingerprint density at radius 1 is 1.35 bits per heavy atom. The van der Waals surface area contributed by atoms with Crippen LogP contribution < -0.4 is 5.32 Å². The van der Waals surface area contributed by atoms with Crippen LogP contribution in [0.25, 0.3) is 0 Å². The predicted octanol–water partition coefficient (Wildman–Crippen LogP) is 2.13. The van der Waals surface area contributed by atoms with Crippen LogP contribution in [0.3, 0.4) is 0 Å². The summed E-state index contributed by atoms with van der Waals surface area (Å²) in [4.78, 5) is 8.59. The summed E-state index contributed by atoms with van der Waals surface area (Å²) < 4.78 is 8.22. The van der Waals surface area contributed by atoms with Crippen LogP contribution in [0.5, 0.6) is 0 Å². The van der Waals surface area contributed by atoms with E-state index in [1.165, 1.54) is 5.69 Å². The molecule has 5 nitrogen and oxygen atoms in total. The van der Waals surface area contributed by atoms with Gasteiger partial charge in [0.1, 0.15) is 5.82 Å². The molecule has 0 saturated carbocycles. The van der Waals surface area contributed by atoms with Crippen molar-refractivity contribution in [3.8, 4) is 0 Å². The molecule has 0 spiro atoms. The maximum Gasteiger partial charge on any atom is 0.106 e. The minimum Gasteiger partial charge on any atom is -0.383 e. The Hall–Kier alpha value is -1.24. The maximum atomic E-state index is 5.03. The molecule has 0 atom stereocenters. The second-order valence-corrected chi connectivity index (χ2v) is 5.48. The van der Waals surface area contributed by atoms with Gasteiger partial charge in [-0.3, -0.25) is 4.98 Å². The molecule has 0 unspecified atom stereocenters. The minimum atomic E-state index is 0.711. The van der Waals surface area contributed by atoms with E-state index in [2.05, 4.69) is 41.8 Å². The van der Waals surface area contributed by atoms with E-state index in [0.717, 1.165) is 35.5 Å². The van der Waals surface area contributed by atoms with Crippen LogP contribution in [0.1, 0.15) is 17.1 Å². The highest BCUT2D eigenvalue weighted by Gasteiger charge is 2.07. The van der Waals surface area contributed by atoms with E-state index in [4.69, 9.17) is 4.74 Å². The van der Waals surface area contributed by atoms with E-state index in [1.54, 1.807) is 13.3 Å². The molecule has 0 bridgehead atoms. The van der Waals surface area contributed by atoms with Crippen molar-refractivity contribution >= 4 is 15.9 Å². The predicted molar refractivity (Wildman–Crippen MR) is 81.6 cm³/mol. The molecule has 0 aromatic carbocycles. The van der Waals surface area contributed by atoms with Gasteiger partial charge in [0.15, 0.2) is 0 Å². The Morgan fingerprint density at radius 3 is 2.95 bits per heavy atom. The standard InChI is InChI=1S/C14H19BrN4O/c1-11-18-9-14(8-16-3-4-20-2)19(11)10-12-5-13(15)7-17-6-12/h5-7,9,16H,3-4,8,10H2,1-2H3. The fraction of sp³-hybridized carbons (Fsp3) is 0.429. The molecule has 0 saturated heterocycles. The highest BCUT2D eigenvalue weighted by Crippen LogP contribution is 2.13. The van der Waals surface area contributed by atoms with Crippen molar-refractivity contribution in [2.45, 2.75) is 20.0 Å². The third-order valence-electron chi connectivity index (χ3n) is 3.03. The van der Waals surface area contributed by atoms with Gasteiger partial charge in [0.05, 0.1) is 18.8 Å². The lowest BCUT2D eigenvalue weighted by molar-refractivity contribution is 0.199. The van der Waals surface area contributed by atoms with Crippen LogP contribution in [0.15, 0.2) is 29.1 Å². The molecule has 0 aliphatic carbocycles. The fourth-order valence-corrected chi connectivity index (χ4v) is 2.40. The van der Waals surface area contributed by atoms with Crippen LogP contribution >= 0.6 is 15.9 Å². The van der Waals surface area contributed by atoms with E-state index in [-0.39, 0.29) is 0 Å². The van der Waals surface area contributed by atoms with Crippen LogP contribution in [-0.4, -0.2) is 34.8 Å². The minimum absolute atomic E-state index is 0.711. The summed E-state index contributed by atoms with van der Waals surface area (Å²) in [5.41, 5.74) is 2.32. The van der Waals surface area contributed by atoms with E-state index in [1.807, 2.05) is 19.3 Å². The van der Waals surface area contributed by atoms with Gasteiger partial charge >= 0.3 is 0 Å². The second kappa shape index (κ2) is 7.52. The number of ether oxygens (including phenoxy) is 1. The normalized spacial score (nSPS) is 10.9. The number of nitrogens with zero attached hydrogens (tertiary/aromatic N) is 3.